The van der Waals surface area contributed by atoms with E-state index in [0.717, 1.165) is 6.42 Å². The maximum Gasteiger partial charge on any atom is 0.411 e. The molecule has 0 aromatic rings. The van der Waals surface area contributed by atoms with Crippen LogP contribution in [0.4, 0.5) is 4.79 Å². The van der Waals surface area contributed by atoms with Crippen molar-refractivity contribution < 1.29 is 19.4 Å². The number of hydrogen-bond acceptors (Lipinski definition) is 4. The number of likely N-dealkylation sites (tertiary alicyclic amines) is 1. The summed E-state index contributed by atoms with van der Waals surface area (Å²) in [6, 6.07) is -0.753. The summed E-state index contributed by atoms with van der Waals surface area (Å²) in [5.41, 5.74) is -0.597. The highest BCUT2D eigenvalue weighted by atomic mass is 16.6. The first-order valence-corrected chi connectivity index (χ1v) is 5.52. The van der Waals surface area contributed by atoms with E-state index in [1.54, 1.807) is 20.8 Å². The van der Waals surface area contributed by atoms with Crippen LogP contribution in [0.2, 0.25) is 0 Å². The third-order valence-electron chi connectivity index (χ3n) is 2.98. The zero-order chi connectivity index (χ0) is 12.1. The molecule has 3 atom stereocenters. The van der Waals surface area contributed by atoms with Gasteiger partial charge in [-0.3, -0.25) is 4.90 Å². The number of hydrogen-bond donors (Lipinski definition) is 0. The standard InChI is InChI=1S/C11H17NO4/c1-11(2,3)16-10(15)12-7-4-6(7)5-8(12)9(13)14/h6-8H,4-5H2,1-3H3,(H,13,14)/p-1/t6-,7-,8-/m0/s1. The topological polar surface area (TPSA) is 69.7 Å². The molecule has 0 N–H and O–H groups in total. The molecule has 2 aliphatic rings. The van der Waals surface area contributed by atoms with Gasteiger partial charge in [-0.25, -0.2) is 4.79 Å². The SMILES string of the molecule is CC(C)(C)OC(=O)N1[C@H](C(=O)[O-])C[C@@H]2C[C@@H]21. The Morgan fingerprint density at radius 2 is 1.94 bits per heavy atom. The second-order valence-corrected chi connectivity index (χ2v) is 5.52. The molecule has 0 aromatic carbocycles. The number of carbonyl (C=O) groups is 2. The third-order valence-corrected chi connectivity index (χ3v) is 2.98. The van der Waals surface area contributed by atoms with Crippen LogP contribution in [0.25, 0.3) is 0 Å². The van der Waals surface area contributed by atoms with Crippen LogP contribution in [0, 0.1) is 5.92 Å². The Bertz CT molecular complexity index is 333. The summed E-state index contributed by atoms with van der Waals surface area (Å²) >= 11 is 0. The van der Waals surface area contributed by atoms with Gasteiger partial charge in [0.1, 0.15) is 5.60 Å². The smallest absolute Gasteiger partial charge is 0.411 e. The molecule has 90 valence electrons. The van der Waals surface area contributed by atoms with Gasteiger partial charge >= 0.3 is 6.09 Å². The van der Waals surface area contributed by atoms with Crippen molar-refractivity contribution in [2.75, 3.05) is 0 Å². The van der Waals surface area contributed by atoms with Crippen molar-refractivity contribution in [2.24, 2.45) is 5.92 Å². The molecule has 2 fully saturated rings. The fourth-order valence-corrected chi connectivity index (χ4v) is 2.24. The normalized spacial score (nSPS) is 32.2. The van der Waals surface area contributed by atoms with Gasteiger partial charge in [-0.05, 0) is 39.5 Å². The highest BCUT2D eigenvalue weighted by molar-refractivity contribution is 5.80. The zero-order valence-corrected chi connectivity index (χ0v) is 9.73. The van der Waals surface area contributed by atoms with E-state index in [1.807, 2.05) is 0 Å². The molecule has 0 bridgehead atoms. The summed E-state index contributed by atoms with van der Waals surface area (Å²) < 4.78 is 5.20. The number of rotatable bonds is 1. The predicted octanol–water partition coefficient (Wildman–Crippen LogP) is 0.134. The fourth-order valence-electron chi connectivity index (χ4n) is 2.24. The number of piperidine rings is 1. The van der Waals surface area contributed by atoms with E-state index >= 15 is 0 Å². The van der Waals surface area contributed by atoms with Crippen molar-refractivity contribution in [3.05, 3.63) is 0 Å². The van der Waals surface area contributed by atoms with Gasteiger partial charge in [0.05, 0.1) is 12.0 Å². The molecule has 0 radical (unpaired) electrons. The summed E-state index contributed by atoms with van der Waals surface area (Å²) in [7, 11) is 0. The van der Waals surface area contributed by atoms with Crippen molar-refractivity contribution in [1.29, 1.82) is 0 Å². The Labute approximate surface area is 94.4 Å². The second kappa shape index (κ2) is 3.37. The van der Waals surface area contributed by atoms with Crippen LogP contribution in [0.15, 0.2) is 0 Å². The van der Waals surface area contributed by atoms with Gasteiger partial charge in [-0.2, -0.15) is 0 Å². The van der Waals surface area contributed by atoms with Crippen LogP contribution in [0.5, 0.6) is 0 Å². The summed E-state index contributed by atoms with van der Waals surface area (Å²) in [6.07, 6.45) is 0.863. The molecule has 1 aliphatic carbocycles. The van der Waals surface area contributed by atoms with Gasteiger partial charge in [-0.1, -0.05) is 0 Å². The number of fused-ring (bicyclic) bond motifs is 1. The number of nitrogens with zero attached hydrogens (tertiary/aromatic N) is 1. The maximum atomic E-state index is 11.8. The first kappa shape index (κ1) is 11.2. The number of carbonyl (C=O) groups excluding carboxylic acids is 2. The van der Waals surface area contributed by atoms with Crippen LogP contribution < -0.4 is 5.11 Å². The first-order valence-electron chi connectivity index (χ1n) is 5.52. The molecular formula is C11H16NO4-. The van der Waals surface area contributed by atoms with E-state index in [0.29, 0.717) is 12.3 Å². The molecule has 1 heterocycles. The van der Waals surface area contributed by atoms with E-state index in [4.69, 9.17) is 4.74 Å². The molecule has 2 rings (SSSR count). The highest BCUT2D eigenvalue weighted by Gasteiger charge is 2.55. The number of aliphatic carboxylic acids is 1. The van der Waals surface area contributed by atoms with Gasteiger partial charge in [0.25, 0.3) is 0 Å². The Morgan fingerprint density at radius 3 is 2.44 bits per heavy atom. The first-order chi connectivity index (χ1) is 7.29. The lowest BCUT2D eigenvalue weighted by Gasteiger charge is -2.30. The Morgan fingerprint density at radius 1 is 1.31 bits per heavy atom. The summed E-state index contributed by atoms with van der Waals surface area (Å²) in [5.74, 6) is -0.853. The molecule has 0 unspecified atom stereocenters. The molecule has 16 heavy (non-hydrogen) atoms. The average Bonchev–Trinajstić information content (AvgIpc) is 2.73. The minimum absolute atomic E-state index is 0.0535. The lowest BCUT2D eigenvalue weighted by Crippen LogP contribution is -2.50. The van der Waals surface area contributed by atoms with Crippen molar-refractivity contribution in [3.8, 4) is 0 Å². The molecule has 1 saturated carbocycles. The fraction of sp³-hybridized carbons (Fsp3) is 0.818. The van der Waals surface area contributed by atoms with Gasteiger partial charge < -0.3 is 14.6 Å². The monoisotopic (exact) mass is 226 g/mol. The molecule has 5 nitrogen and oxygen atoms in total. The summed E-state index contributed by atoms with van der Waals surface area (Å²) in [4.78, 5) is 24.1. The van der Waals surface area contributed by atoms with E-state index in [9.17, 15) is 14.7 Å². The number of amides is 1. The molecule has 1 amide bonds. The average molecular weight is 226 g/mol. The molecule has 0 aromatic heterocycles. The van der Waals surface area contributed by atoms with Crippen LogP contribution in [-0.4, -0.2) is 34.6 Å². The number of carboxylic acid groups (broad SMARTS) is 1. The maximum absolute atomic E-state index is 11.8. The van der Waals surface area contributed by atoms with E-state index in [2.05, 4.69) is 0 Å². The zero-order valence-electron chi connectivity index (χ0n) is 9.73. The molecular weight excluding hydrogens is 210 g/mol. The minimum Gasteiger partial charge on any atom is -0.548 e. The van der Waals surface area contributed by atoms with Gasteiger partial charge in [0, 0.05) is 6.04 Å². The predicted molar refractivity (Wildman–Crippen MR) is 53.4 cm³/mol. The highest BCUT2D eigenvalue weighted by Crippen LogP contribution is 2.48. The Hall–Kier alpha value is -1.26. The molecule has 1 saturated heterocycles. The number of carboxylic acids is 1. The minimum atomic E-state index is -1.18. The largest absolute Gasteiger partial charge is 0.548 e. The van der Waals surface area contributed by atoms with Crippen LogP contribution in [-0.2, 0) is 9.53 Å². The lowest BCUT2D eigenvalue weighted by molar-refractivity contribution is -0.310. The Balaban J connectivity index is 2.07. The van der Waals surface area contributed by atoms with E-state index < -0.39 is 23.7 Å². The quantitative estimate of drug-likeness (QED) is 0.637. The molecule has 0 spiro atoms. The van der Waals surface area contributed by atoms with Crippen LogP contribution in [0.3, 0.4) is 0 Å². The van der Waals surface area contributed by atoms with Crippen molar-refractivity contribution >= 4 is 12.1 Å². The molecule has 5 heteroatoms. The Kier molecular flexibility index (Phi) is 2.36. The second-order valence-electron chi connectivity index (χ2n) is 5.52. The van der Waals surface area contributed by atoms with Crippen molar-refractivity contribution in [2.45, 2.75) is 51.3 Å². The lowest BCUT2D eigenvalue weighted by atomic mass is 10.2. The van der Waals surface area contributed by atoms with E-state index in [-0.39, 0.29) is 6.04 Å². The van der Waals surface area contributed by atoms with Crippen molar-refractivity contribution in [3.63, 3.8) is 0 Å². The van der Waals surface area contributed by atoms with Crippen molar-refractivity contribution in [1.82, 2.24) is 4.90 Å². The summed E-state index contributed by atoms with van der Waals surface area (Å²) in [6.45, 7) is 5.29. The van der Waals surface area contributed by atoms with Gasteiger partial charge in [0.15, 0.2) is 0 Å². The summed E-state index contributed by atoms with van der Waals surface area (Å²) in [5, 5.41) is 10.9. The van der Waals surface area contributed by atoms with Crippen LogP contribution in [0.1, 0.15) is 33.6 Å². The van der Waals surface area contributed by atoms with Gasteiger partial charge in [0.2, 0.25) is 0 Å². The van der Waals surface area contributed by atoms with E-state index in [1.165, 1.54) is 4.90 Å². The molecule has 1 aliphatic heterocycles. The number of ether oxygens (including phenoxy) is 1. The third kappa shape index (κ3) is 1.99. The van der Waals surface area contributed by atoms with Crippen LogP contribution >= 0.6 is 0 Å². The van der Waals surface area contributed by atoms with Gasteiger partial charge in [-0.15, -0.1) is 0 Å².